The smallest absolute Gasteiger partial charge is 0.222 e. The zero-order valence-electron chi connectivity index (χ0n) is 15.6. The van der Waals surface area contributed by atoms with Gasteiger partial charge in [-0.25, -0.2) is 17.8 Å². The van der Waals surface area contributed by atoms with E-state index in [1.54, 1.807) is 6.07 Å². The maximum Gasteiger partial charge on any atom is 0.222 e. The number of nitrogens with two attached hydrogens (primary N) is 1. The van der Waals surface area contributed by atoms with Crippen LogP contribution in [0.2, 0.25) is 0 Å². The number of ether oxygens (including phenoxy) is 1. The van der Waals surface area contributed by atoms with E-state index in [0.29, 0.717) is 30.2 Å². The van der Waals surface area contributed by atoms with Gasteiger partial charge in [-0.2, -0.15) is 4.98 Å². The van der Waals surface area contributed by atoms with Crippen LogP contribution >= 0.6 is 0 Å². The average molecular weight is 394 g/mol. The Morgan fingerprint density at radius 3 is 2.70 bits per heavy atom. The van der Waals surface area contributed by atoms with Gasteiger partial charge in [0.1, 0.15) is 11.6 Å². The highest BCUT2D eigenvalue weighted by Crippen LogP contribution is 2.33. The van der Waals surface area contributed by atoms with Gasteiger partial charge in [0.25, 0.3) is 0 Å². The van der Waals surface area contributed by atoms with Crippen molar-refractivity contribution in [2.75, 3.05) is 36.6 Å². The molecule has 1 atom stereocenters. The Balaban J connectivity index is 2.10. The van der Waals surface area contributed by atoms with Crippen molar-refractivity contribution in [2.24, 2.45) is 0 Å². The molecule has 9 heteroatoms. The first-order chi connectivity index (χ1) is 12.7. The minimum Gasteiger partial charge on any atom is -0.379 e. The van der Waals surface area contributed by atoms with Crippen molar-refractivity contribution in [3.8, 4) is 0 Å². The van der Waals surface area contributed by atoms with Crippen molar-refractivity contribution in [3.63, 3.8) is 0 Å². The fourth-order valence-electron chi connectivity index (χ4n) is 3.38. The van der Waals surface area contributed by atoms with Crippen molar-refractivity contribution >= 4 is 21.6 Å². The lowest BCUT2D eigenvalue weighted by Crippen LogP contribution is -2.32. The Morgan fingerprint density at radius 1 is 1.30 bits per heavy atom. The Morgan fingerprint density at radius 2 is 2.04 bits per heavy atom. The molecular formula is C18H23FN4O3S. The summed E-state index contributed by atoms with van der Waals surface area (Å²) >= 11 is 0. The minimum absolute atomic E-state index is 0.00744. The number of nitrogen functional groups attached to an aromatic ring is 1. The van der Waals surface area contributed by atoms with Gasteiger partial charge >= 0.3 is 0 Å². The molecule has 146 valence electrons. The second kappa shape index (κ2) is 7.40. The Labute approximate surface area is 158 Å². The normalized spacial score (nSPS) is 18.4. The Bertz CT molecular complexity index is 945. The number of sulfone groups is 1. The number of hydrogen-bond donors (Lipinski definition) is 1. The molecule has 1 aliphatic heterocycles. The molecule has 1 aromatic carbocycles. The van der Waals surface area contributed by atoms with E-state index in [9.17, 15) is 8.42 Å². The standard InChI is InChI=1S/C18H23FN4O3S/c1-11-9-16(22-18(20)21-11)23-7-4-8-26-10-14(23)13-5-6-15(27(3,24)25)12(2)17(13)19/h5-6,9,14H,4,7-8,10H2,1-3H3,(H2,20,21,22)/t14-/m1/s1. The molecule has 0 unspecified atom stereocenters. The highest BCUT2D eigenvalue weighted by atomic mass is 32.2. The molecule has 1 aliphatic rings. The summed E-state index contributed by atoms with van der Waals surface area (Å²) in [6, 6.07) is 4.31. The third-order valence-electron chi connectivity index (χ3n) is 4.62. The van der Waals surface area contributed by atoms with Gasteiger partial charge in [0.2, 0.25) is 5.95 Å². The molecule has 3 rings (SSSR count). The number of aryl methyl sites for hydroxylation is 1. The third kappa shape index (κ3) is 4.03. The molecular weight excluding hydrogens is 371 g/mol. The molecule has 2 aromatic rings. The number of benzene rings is 1. The lowest BCUT2D eigenvalue weighted by Gasteiger charge is -2.31. The zero-order chi connectivity index (χ0) is 19.8. The van der Waals surface area contributed by atoms with Crippen molar-refractivity contribution in [1.82, 2.24) is 9.97 Å². The quantitative estimate of drug-likeness (QED) is 0.852. The van der Waals surface area contributed by atoms with Crippen LogP contribution in [-0.4, -0.2) is 44.4 Å². The second-order valence-corrected chi connectivity index (χ2v) is 8.71. The van der Waals surface area contributed by atoms with Gasteiger partial charge in [0, 0.05) is 42.3 Å². The summed E-state index contributed by atoms with van der Waals surface area (Å²) in [5.41, 5.74) is 6.98. The molecule has 0 bridgehead atoms. The maximum absolute atomic E-state index is 15.2. The largest absolute Gasteiger partial charge is 0.379 e. The first-order valence-corrected chi connectivity index (χ1v) is 10.5. The van der Waals surface area contributed by atoms with Gasteiger partial charge in [-0.3, -0.25) is 0 Å². The summed E-state index contributed by atoms with van der Waals surface area (Å²) in [5.74, 6) is 0.204. The number of anilines is 2. The summed E-state index contributed by atoms with van der Waals surface area (Å²) in [6.45, 7) is 4.71. The molecule has 27 heavy (non-hydrogen) atoms. The monoisotopic (exact) mass is 394 g/mol. The predicted octanol–water partition coefficient (Wildman–Crippen LogP) is 2.19. The van der Waals surface area contributed by atoms with Crippen LogP contribution in [0.3, 0.4) is 0 Å². The van der Waals surface area contributed by atoms with E-state index in [1.165, 1.54) is 19.1 Å². The van der Waals surface area contributed by atoms with Crippen LogP contribution in [0.15, 0.2) is 23.1 Å². The van der Waals surface area contributed by atoms with Gasteiger partial charge in [-0.15, -0.1) is 0 Å². The van der Waals surface area contributed by atoms with E-state index in [-0.39, 0.29) is 23.0 Å². The van der Waals surface area contributed by atoms with E-state index >= 15 is 4.39 Å². The highest BCUT2D eigenvalue weighted by Gasteiger charge is 2.29. The lowest BCUT2D eigenvalue weighted by atomic mass is 10.0. The van der Waals surface area contributed by atoms with Gasteiger partial charge < -0.3 is 15.4 Å². The number of nitrogens with zero attached hydrogens (tertiary/aromatic N) is 3. The topological polar surface area (TPSA) is 98.4 Å². The van der Waals surface area contributed by atoms with E-state index < -0.39 is 21.7 Å². The van der Waals surface area contributed by atoms with Crippen LogP contribution in [0.5, 0.6) is 0 Å². The molecule has 0 saturated carbocycles. The van der Waals surface area contributed by atoms with Crippen molar-refractivity contribution in [2.45, 2.75) is 31.2 Å². The average Bonchev–Trinajstić information content (AvgIpc) is 2.81. The van der Waals surface area contributed by atoms with Gasteiger partial charge in [0.15, 0.2) is 9.84 Å². The highest BCUT2D eigenvalue weighted by molar-refractivity contribution is 7.90. The number of hydrogen-bond acceptors (Lipinski definition) is 7. The summed E-state index contributed by atoms with van der Waals surface area (Å²) in [4.78, 5) is 10.3. The second-order valence-electron chi connectivity index (χ2n) is 6.73. The van der Waals surface area contributed by atoms with Crippen LogP contribution in [0, 0.1) is 19.7 Å². The molecule has 1 saturated heterocycles. The van der Waals surface area contributed by atoms with E-state index in [1.807, 2.05) is 11.8 Å². The fourth-order valence-corrected chi connectivity index (χ4v) is 4.34. The molecule has 1 aromatic heterocycles. The third-order valence-corrected chi connectivity index (χ3v) is 5.86. The summed E-state index contributed by atoms with van der Waals surface area (Å²) in [5, 5.41) is 0. The van der Waals surface area contributed by atoms with Gasteiger partial charge in [-0.05, 0) is 26.3 Å². The number of halogens is 1. The molecule has 2 heterocycles. The first kappa shape index (κ1) is 19.5. The van der Waals surface area contributed by atoms with Crippen LogP contribution in [0.4, 0.5) is 16.2 Å². The molecule has 1 fully saturated rings. The van der Waals surface area contributed by atoms with Crippen LogP contribution in [0.1, 0.15) is 29.3 Å². The predicted molar refractivity (Wildman–Crippen MR) is 101 cm³/mol. The molecule has 0 aliphatic carbocycles. The van der Waals surface area contributed by atoms with Crippen LogP contribution in [0.25, 0.3) is 0 Å². The first-order valence-electron chi connectivity index (χ1n) is 8.63. The SMILES string of the molecule is Cc1cc(N2CCCOC[C@@H]2c2ccc(S(C)(=O)=O)c(C)c2F)nc(N)n1. The summed E-state index contributed by atoms with van der Waals surface area (Å²) < 4.78 is 44.6. The van der Waals surface area contributed by atoms with Crippen molar-refractivity contribution < 1.29 is 17.5 Å². The maximum atomic E-state index is 15.2. The van der Waals surface area contributed by atoms with Crippen molar-refractivity contribution in [3.05, 3.63) is 40.8 Å². The molecule has 2 N–H and O–H groups in total. The molecule has 0 radical (unpaired) electrons. The lowest BCUT2D eigenvalue weighted by molar-refractivity contribution is 0.133. The Hall–Kier alpha value is -2.26. The number of aromatic nitrogens is 2. The Kier molecular flexibility index (Phi) is 5.34. The molecule has 0 amide bonds. The van der Waals surface area contributed by atoms with E-state index in [2.05, 4.69) is 9.97 Å². The van der Waals surface area contributed by atoms with Gasteiger partial charge in [0.05, 0.1) is 17.5 Å². The van der Waals surface area contributed by atoms with E-state index in [4.69, 9.17) is 10.5 Å². The van der Waals surface area contributed by atoms with Gasteiger partial charge in [-0.1, -0.05) is 6.07 Å². The number of rotatable bonds is 3. The zero-order valence-corrected chi connectivity index (χ0v) is 16.4. The molecule has 7 nitrogen and oxygen atoms in total. The molecule has 0 spiro atoms. The van der Waals surface area contributed by atoms with Crippen LogP contribution < -0.4 is 10.6 Å². The summed E-state index contributed by atoms with van der Waals surface area (Å²) in [7, 11) is -3.51. The summed E-state index contributed by atoms with van der Waals surface area (Å²) in [6.07, 6.45) is 1.82. The minimum atomic E-state index is -3.51. The van der Waals surface area contributed by atoms with E-state index in [0.717, 1.165) is 12.7 Å². The fraction of sp³-hybridized carbons (Fsp3) is 0.444. The van der Waals surface area contributed by atoms with Crippen LogP contribution in [-0.2, 0) is 14.6 Å². The van der Waals surface area contributed by atoms with Crippen molar-refractivity contribution in [1.29, 1.82) is 0 Å².